The van der Waals surface area contributed by atoms with E-state index < -0.39 is 8.80 Å². The molecule has 0 aromatic rings. The fourth-order valence-electron chi connectivity index (χ4n) is 1.72. The lowest BCUT2D eigenvalue weighted by atomic mass is 10.5. The first-order valence-corrected chi connectivity index (χ1v) is 8.72. The van der Waals surface area contributed by atoms with E-state index in [1.807, 2.05) is 13.8 Å². The van der Waals surface area contributed by atoms with Gasteiger partial charge >= 0.3 is 8.80 Å². The Balaban J connectivity index is 2.33. The van der Waals surface area contributed by atoms with E-state index in [1.54, 1.807) is 0 Å². The molecule has 1 unspecified atom stereocenters. The largest absolute Gasteiger partial charge is 0.568 e. The van der Waals surface area contributed by atoms with Crippen molar-refractivity contribution in [2.45, 2.75) is 39.3 Å². The highest BCUT2D eigenvalue weighted by Crippen LogP contribution is 2.19. The van der Waals surface area contributed by atoms with Gasteiger partial charge in [-0.3, -0.25) is 4.79 Å². The molecular weight excluding hydrogens is 268 g/mol. The second-order valence-electron chi connectivity index (χ2n) is 4.28. The van der Waals surface area contributed by atoms with Gasteiger partial charge in [-0.2, -0.15) is 0 Å². The van der Waals surface area contributed by atoms with E-state index >= 15 is 0 Å². The van der Waals surface area contributed by atoms with Gasteiger partial charge in [-0.25, -0.2) is 0 Å². The van der Waals surface area contributed by atoms with Crippen LogP contribution in [0.3, 0.4) is 0 Å². The van der Waals surface area contributed by atoms with Gasteiger partial charge in [-0.05, 0) is 20.3 Å². The van der Waals surface area contributed by atoms with Crippen LogP contribution >= 0.6 is 0 Å². The molecule has 0 aromatic carbocycles. The molecule has 0 spiro atoms. The van der Waals surface area contributed by atoms with Gasteiger partial charge in [0.15, 0.2) is 0 Å². The molecule has 0 saturated carbocycles. The van der Waals surface area contributed by atoms with Crippen LogP contribution in [0.2, 0.25) is 6.04 Å². The Bertz CT molecular complexity index is 263. The molecule has 7 heteroatoms. The van der Waals surface area contributed by atoms with Crippen LogP contribution < -0.4 is 0 Å². The predicted octanol–water partition coefficient (Wildman–Crippen LogP) is 1.37. The first-order chi connectivity index (χ1) is 9.12. The van der Waals surface area contributed by atoms with Crippen LogP contribution in [-0.4, -0.2) is 53.9 Å². The van der Waals surface area contributed by atoms with Crippen LogP contribution in [0.5, 0.6) is 0 Å². The molecule has 1 aliphatic heterocycles. The number of rotatable bonds is 11. The van der Waals surface area contributed by atoms with E-state index in [4.69, 9.17) is 22.8 Å². The van der Waals surface area contributed by atoms with Crippen molar-refractivity contribution in [2.75, 3.05) is 33.0 Å². The van der Waals surface area contributed by atoms with Gasteiger partial charge < -0.3 is 22.8 Å². The third-order valence-corrected chi connectivity index (χ3v) is 5.53. The molecule has 1 aliphatic rings. The van der Waals surface area contributed by atoms with Crippen LogP contribution in [0.15, 0.2) is 0 Å². The summed E-state index contributed by atoms with van der Waals surface area (Å²) >= 11 is 0. The van der Waals surface area contributed by atoms with Crippen LogP contribution in [-0.2, 0) is 27.5 Å². The van der Waals surface area contributed by atoms with Gasteiger partial charge in [-0.15, -0.1) is 0 Å². The molecule has 0 radical (unpaired) electrons. The van der Waals surface area contributed by atoms with Gasteiger partial charge in [0.25, 0.3) is 5.97 Å². The number of carbonyl (C=O) groups is 1. The summed E-state index contributed by atoms with van der Waals surface area (Å²) in [6.07, 6.45) is 1.01. The normalized spacial score (nSPS) is 18.4. The van der Waals surface area contributed by atoms with Crippen molar-refractivity contribution in [1.29, 1.82) is 0 Å². The van der Waals surface area contributed by atoms with Gasteiger partial charge in [0.05, 0.1) is 13.2 Å². The summed E-state index contributed by atoms with van der Waals surface area (Å²) in [5.41, 5.74) is 0. The minimum absolute atomic E-state index is 0.272. The third-order valence-electron chi connectivity index (χ3n) is 2.51. The fourth-order valence-corrected chi connectivity index (χ4v) is 4.21. The van der Waals surface area contributed by atoms with Crippen LogP contribution in [0.25, 0.3) is 0 Å². The summed E-state index contributed by atoms with van der Waals surface area (Å²) in [6.45, 7) is 8.06. The van der Waals surface area contributed by atoms with E-state index in [1.165, 1.54) is 6.92 Å². The van der Waals surface area contributed by atoms with Crippen LogP contribution in [0.1, 0.15) is 27.2 Å². The van der Waals surface area contributed by atoms with E-state index in [-0.39, 0.29) is 12.1 Å². The molecule has 19 heavy (non-hydrogen) atoms. The molecule has 1 atom stereocenters. The van der Waals surface area contributed by atoms with Crippen molar-refractivity contribution >= 4 is 14.8 Å². The zero-order chi connectivity index (χ0) is 14.1. The Hall–Kier alpha value is -0.473. The number of ether oxygens (including phenoxy) is 2. The lowest BCUT2D eigenvalue weighted by molar-refractivity contribution is -0.136. The molecule has 1 rings (SSSR count). The molecule has 112 valence electrons. The summed E-state index contributed by atoms with van der Waals surface area (Å²) < 4.78 is 27.1. The fraction of sp³-hybridized carbons (Fsp3) is 0.917. The number of carbonyl (C=O) groups excluding carboxylic acids is 1. The Morgan fingerprint density at radius 3 is 2.42 bits per heavy atom. The molecule has 1 fully saturated rings. The zero-order valence-electron chi connectivity index (χ0n) is 12.0. The molecule has 0 N–H and O–H groups in total. The molecule has 1 heterocycles. The van der Waals surface area contributed by atoms with Crippen LogP contribution in [0.4, 0.5) is 0 Å². The molecule has 0 bridgehead atoms. The minimum Gasteiger partial charge on any atom is -0.473 e. The van der Waals surface area contributed by atoms with Crippen molar-refractivity contribution < 1.29 is 27.5 Å². The minimum atomic E-state index is -2.88. The van der Waals surface area contributed by atoms with Gasteiger partial charge in [0.1, 0.15) is 6.10 Å². The van der Waals surface area contributed by atoms with Gasteiger partial charge in [0.2, 0.25) is 0 Å². The molecule has 0 amide bonds. The highest BCUT2D eigenvalue weighted by molar-refractivity contribution is 6.62. The maximum absolute atomic E-state index is 11.2. The summed E-state index contributed by atoms with van der Waals surface area (Å²) in [7, 11) is -2.88. The molecular formula is C12H24O6Si. The number of hydrogen-bond acceptors (Lipinski definition) is 6. The van der Waals surface area contributed by atoms with Crippen molar-refractivity contribution in [1.82, 2.24) is 0 Å². The summed E-state index contributed by atoms with van der Waals surface area (Å²) in [4.78, 5) is 11.2. The van der Waals surface area contributed by atoms with Crippen molar-refractivity contribution in [2.24, 2.45) is 0 Å². The first-order valence-electron chi connectivity index (χ1n) is 6.78. The maximum Gasteiger partial charge on any atom is 0.568 e. The lowest BCUT2D eigenvalue weighted by Gasteiger charge is -2.27. The average Bonchev–Trinajstić information content (AvgIpc) is 3.12. The summed E-state index contributed by atoms with van der Waals surface area (Å²) in [5.74, 6) is -0.360. The standard InChI is InChI=1S/C12H24O6Si/c1-4-16-19(17-5-2,18-11(3)13)8-6-7-14-9-12-10-15-12/h12H,4-10H2,1-3H3. The maximum atomic E-state index is 11.2. The topological polar surface area (TPSA) is 66.5 Å². The molecule has 0 aromatic heterocycles. The molecule has 6 nitrogen and oxygen atoms in total. The molecule has 0 aliphatic carbocycles. The summed E-state index contributed by atoms with van der Waals surface area (Å²) in [5, 5.41) is 0. The Morgan fingerprint density at radius 1 is 1.32 bits per heavy atom. The van der Waals surface area contributed by atoms with E-state index in [0.29, 0.717) is 32.5 Å². The van der Waals surface area contributed by atoms with E-state index in [2.05, 4.69) is 0 Å². The first kappa shape index (κ1) is 16.6. The Morgan fingerprint density at radius 2 is 1.95 bits per heavy atom. The third kappa shape index (κ3) is 7.02. The quantitative estimate of drug-likeness (QED) is 0.325. The second-order valence-corrected chi connectivity index (χ2v) is 6.92. The monoisotopic (exact) mass is 292 g/mol. The van der Waals surface area contributed by atoms with Crippen molar-refractivity contribution in [3.63, 3.8) is 0 Å². The lowest BCUT2D eigenvalue weighted by Crippen LogP contribution is -2.47. The van der Waals surface area contributed by atoms with Gasteiger partial charge in [0, 0.05) is 32.8 Å². The zero-order valence-corrected chi connectivity index (χ0v) is 13.0. The number of hydrogen-bond donors (Lipinski definition) is 0. The van der Waals surface area contributed by atoms with E-state index in [9.17, 15) is 4.79 Å². The van der Waals surface area contributed by atoms with Gasteiger partial charge in [-0.1, -0.05) is 0 Å². The Kier molecular flexibility index (Phi) is 7.55. The van der Waals surface area contributed by atoms with Crippen molar-refractivity contribution in [3.8, 4) is 0 Å². The summed E-state index contributed by atoms with van der Waals surface area (Å²) in [6, 6.07) is 0.583. The SMILES string of the molecule is CCO[Si](CCCOCC1CO1)(OCC)OC(C)=O. The number of epoxide rings is 1. The van der Waals surface area contributed by atoms with Crippen molar-refractivity contribution in [3.05, 3.63) is 0 Å². The van der Waals surface area contributed by atoms with Crippen LogP contribution in [0, 0.1) is 0 Å². The Labute approximate surface area is 115 Å². The average molecular weight is 292 g/mol. The predicted molar refractivity (Wildman–Crippen MR) is 70.8 cm³/mol. The second kappa shape index (κ2) is 8.65. The highest BCUT2D eigenvalue weighted by atomic mass is 28.4. The van der Waals surface area contributed by atoms with E-state index in [0.717, 1.165) is 13.0 Å². The molecule has 1 saturated heterocycles. The highest BCUT2D eigenvalue weighted by Gasteiger charge is 2.43. The smallest absolute Gasteiger partial charge is 0.473 e.